The van der Waals surface area contributed by atoms with Gasteiger partial charge < -0.3 is 4.52 Å². The van der Waals surface area contributed by atoms with Gasteiger partial charge in [-0.3, -0.25) is 14.8 Å². The Morgan fingerprint density at radius 1 is 1.26 bits per heavy atom. The van der Waals surface area contributed by atoms with E-state index in [-0.39, 0.29) is 5.69 Å². The molecule has 1 aromatic carbocycles. The summed E-state index contributed by atoms with van der Waals surface area (Å²) in [6, 6.07) is 9.05. The highest BCUT2D eigenvalue weighted by atomic mass is 16.6. The molecule has 0 fully saturated rings. The molecule has 0 bridgehead atoms. The number of benzene rings is 1. The Morgan fingerprint density at radius 2 is 1.96 bits per heavy atom. The van der Waals surface area contributed by atoms with Crippen molar-refractivity contribution in [2.75, 3.05) is 0 Å². The number of nitro groups is 1. The van der Waals surface area contributed by atoms with Crippen molar-refractivity contribution in [2.24, 2.45) is 0 Å². The number of nitrogens with zero attached hydrogens (tertiary/aromatic N) is 5. The van der Waals surface area contributed by atoms with E-state index in [1.807, 2.05) is 37.3 Å². The molecule has 8 nitrogen and oxygen atoms in total. The Labute approximate surface area is 131 Å². The first kappa shape index (κ1) is 14.9. The Hall–Kier alpha value is -3.03. The highest BCUT2D eigenvalue weighted by Gasteiger charge is 2.27. The van der Waals surface area contributed by atoms with Crippen LogP contribution in [0.5, 0.6) is 0 Å². The van der Waals surface area contributed by atoms with E-state index >= 15 is 0 Å². The first-order valence-electron chi connectivity index (χ1n) is 7.08. The minimum Gasteiger partial charge on any atom is -0.337 e. The van der Waals surface area contributed by atoms with E-state index in [0.29, 0.717) is 23.1 Å². The summed E-state index contributed by atoms with van der Waals surface area (Å²) in [5.41, 5.74) is 1.68. The molecule has 0 spiro atoms. The second-order valence-corrected chi connectivity index (χ2v) is 5.22. The Balaban J connectivity index is 1.96. The number of hydrogen-bond donors (Lipinski definition) is 0. The van der Waals surface area contributed by atoms with E-state index in [9.17, 15) is 10.1 Å². The van der Waals surface area contributed by atoms with Gasteiger partial charge in [0, 0.05) is 5.56 Å². The van der Waals surface area contributed by atoms with Gasteiger partial charge in [-0.05, 0) is 20.8 Å². The van der Waals surface area contributed by atoms with Crippen LogP contribution < -0.4 is 0 Å². The van der Waals surface area contributed by atoms with Crippen LogP contribution in [0.2, 0.25) is 0 Å². The maximum Gasteiger partial charge on any atom is 0.312 e. The predicted molar refractivity (Wildman–Crippen MR) is 81.9 cm³/mol. The fourth-order valence-corrected chi connectivity index (χ4v) is 2.51. The first-order chi connectivity index (χ1) is 11.0. The summed E-state index contributed by atoms with van der Waals surface area (Å²) >= 11 is 0. The van der Waals surface area contributed by atoms with Crippen LogP contribution in [-0.2, 0) is 0 Å². The number of aromatic nitrogens is 4. The van der Waals surface area contributed by atoms with Crippen molar-refractivity contribution < 1.29 is 9.45 Å². The van der Waals surface area contributed by atoms with Crippen LogP contribution in [0.15, 0.2) is 34.9 Å². The molecule has 0 radical (unpaired) electrons. The lowest BCUT2D eigenvalue weighted by molar-refractivity contribution is -0.386. The minimum absolute atomic E-state index is 0.0136. The van der Waals surface area contributed by atoms with Crippen LogP contribution in [0.4, 0.5) is 5.69 Å². The quantitative estimate of drug-likeness (QED) is 0.542. The minimum atomic E-state index is -0.426. The molecule has 23 heavy (non-hydrogen) atoms. The van der Waals surface area contributed by atoms with Crippen LogP contribution in [-0.4, -0.2) is 24.8 Å². The largest absolute Gasteiger partial charge is 0.337 e. The molecule has 0 amide bonds. The van der Waals surface area contributed by atoms with Crippen LogP contribution in [0, 0.1) is 24.0 Å². The van der Waals surface area contributed by atoms with E-state index in [1.165, 1.54) is 4.68 Å². The van der Waals surface area contributed by atoms with Gasteiger partial charge in [-0.25, -0.2) is 0 Å². The average molecular weight is 313 g/mol. The zero-order valence-corrected chi connectivity index (χ0v) is 12.9. The molecule has 8 heteroatoms. The van der Waals surface area contributed by atoms with E-state index in [4.69, 9.17) is 4.52 Å². The molecular weight excluding hydrogens is 298 g/mol. The lowest BCUT2D eigenvalue weighted by Gasteiger charge is -2.08. The van der Waals surface area contributed by atoms with Crippen molar-refractivity contribution in [2.45, 2.75) is 26.8 Å². The Kier molecular flexibility index (Phi) is 3.65. The van der Waals surface area contributed by atoms with E-state index in [0.717, 1.165) is 5.56 Å². The lowest BCUT2D eigenvalue weighted by Crippen LogP contribution is -2.11. The third kappa shape index (κ3) is 2.59. The SMILES string of the molecule is Cc1nn([C@H](C)c2nc(-c3ccccc3)no2)c(C)c1[N+](=O)[O-]. The topological polar surface area (TPSA) is 99.9 Å². The van der Waals surface area contributed by atoms with Gasteiger partial charge in [-0.1, -0.05) is 35.5 Å². The van der Waals surface area contributed by atoms with Crippen molar-refractivity contribution in [3.05, 3.63) is 57.7 Å². The maximum atomic E-state index is 11.1. The summed E-state index contributed by atoms with van der Waals surface area (Å²) in [5, 5.41) is 19.3. The highest BCUT2D eigenvalue weighted by molar-refractivity contribution is 5.53. The molecule has 2 aromatic heterocycles. The maximum absolute atomic E-state index is 11.1. The van der Waals surface area contributed by atoms with Gasteiger partial charge in [-0.2, -0.15) is 10.1 Å². The van der Waals surface area contributed by atoms with Crippen molar-refractivity contribution >= 4 is 5.69 Å². The van der Waals surface area contributed by atoms with Crippen LogP contribution >= 0.6 is 0 Å². The van der Waals surface area contributed by atoms with Gasteiger partial charge in [0.15, 0.2) is 0 Å². The van der Waals surface area contributed by atoms with Crippen molar-refractivity contribution in [3.8, 4) is 11.4 Å². The fraction of sp³-hybridized carbons (Fsp3) is 0.267. The molecule has 0 aliphatic carbocycles. The second-order valence-electron chi connectivity index (χ2n) is 5.22. The summed E-state index contributed by atoms with van der Waals surface area (Å²) in [4.78, 5) is 15.1. The standard InChI is InChI=1S/C15H15N5O3/c1-9-13(20(21)22)10(2)19(17-9)11(3)15-16-14(18-23-15)12-7-5-4-6-8-12/h4-8,11H,1-3H3/t11-/m1/s1. The summed E-state index contributed by atoms with van der Waals surface area (Å²) in [5.74, 6) is 0.827. The fourth-order valence-electron chi connectivity index (χ4n) is 2.51. The zero-order chi connectivity index (χ0) is 16.6. The number of rotatable bonds is 4. The smallest absolute Gasteiger partial charge is 0.312 e. The van der Waals surface area contributed by atoms with Gasteiger partial charge in [0.05, 0.1) is 4.92 Å². The van der Waals surface area contributed by atoms with E-state index in [2.05, 4.69) is 15.2 Å². The summed E-state index contributed by atoms with van der Waals surface area (Å²) in [6.07, 6.45) is 0. The number of hydrogen-bond acceptors (Lipinski definition) is 6. The van der Waals surface area contributed by atoms with Gasteiger partial charge in [0.2, 0.25) is 5.82 Å². The monoisotopic (exact) mass is 313 g/mol. The molecule has 0 saturated heterocycles. The molecule has 1 atom stereocenters. The number of aryl methyl sites for hydroxylation is 1. The summed E-state index contributed by atoms with van der Waals surface area (Å²) in [6.45, 7) is 5.08. The van der Waals surface area contributed by atoms with Gasteiger partial charge in [0.25, 0.3) is 5.89 Å². The first-order valence-corrected chi connectivity index (χ1v) is 7.08. The molecule has 118 valence electrons. The van der Waals surface area contributed by atoms with Crippen molar-refractivity contribution in [1.82, 2.24) is 19.9 Å². The van der Waals surface area contributed by atoms with E-state index in [1.54, 1.807) is 13.8 Å². The van der Waals surface area contributed by atoms with E-state index < -0.39 is 11.0 Å². The molecule has 2 heterocycles. The Morgan fingerprint density at radius 3 is 2.57 bits per heavy atom. The molecular formula is C15H15N5O3. The molecule has 0 unspecified atom stereocenters. The second kappa shape index (κ2) is 5.64. The van der Waals surface area contributed by atoms with Gasteiger partial charge in [0.1, 0.15) is 17.4 Å². The summed E-state index contributed by atoms with van der Waals surface area (Å²) in [7, 11) is 0. The summed E-state index contributed by atoms with van der Waals surface area (Å²) < 4.78 is 6.85. The predicted octanol–water partition coefficient (Wildman–Crippen LogP) is 3.07. The average Bonchev–Trinajstić information content (AvgIpc) is 3.12. The molecule has 0 aliphatic heterocycles. The lowest BCUT2D eigenvalue weighted by atomic mass is 10.2. The van der Waals surface area contributed by atoms with Crippen molar-refractivity contribution in [3.63, 3.8) is 0 Å². The normalized spacial score (nSPS) is 12.3. The molecule has 3 aromatic rings. The van der Waals surface area contributed by atoms with Crippen molar-refractivity contribution in [1.29, 1.82) is 0 Å². The molecule has 0 aliphatic rings. The highest BCUT2D eigenvalue weighted by Crippen LogP contribution is 2.27. The molecule has 0 saturated carbocycles. The van der Waals surface area contributed by atoms with Gasteiger partial charge >= 0.3 is 5.69 Å². The Bertz CT molecular complexity index is 853. The molecule has 3 rings (SSSR count). The van der Waals surface area contributed by atoms with Gasteiger partial charge in [-0.15, -0.1) is 0 Å². The third-order valence-corrected chi connectivity index (χ3v) is 3.67. The van der Waals surface area contributed by atoms with Crippen LogP contribution in [0.25, 0.3) is 11.4 Å². The van der Waals surface area contributed by atoms with Crippen LogP contribution in [0.1, 0.15) is 30.2 Å². The molecule has 0 N–H and O–H groups in total. The van der Waals surface area contributed by atoms with Crippen LogP contribution in [0.3, 0.4) is 0 Å². The zero-order valence-electron chi connectivity index (χ0n) is 12.9. The third-order valence-electron chi connectivity index (χ3n) is 3.67.